The second kappa shape index (κ2) is 18.6. The van der Waals surface area contributed by atoms with Gasteiger partial charge in [0.15, 0.2) is 0 Å². The van der Waals surface area contributed by atoms with Crippen molar-refractivity contribution < 1.29 is 71.2 Å². The summed E-state index contributed by atoms with van der Waals surface area (Å²) in [7, 11) is -11.2. The molecule has 278 valence electrons. The molecule has 0 fully saturated rings. The minimum atomic E-state index is -5.77. The molecule has 0 saturated heterocycles. The number of rotatable bonds is 19. The molecule has 0 amide bonds. The molecule has 0 aliphatic rings. The molecule has 0 spiro atoms. The van der Waals surface area contributed by atoms with Crippen molar-refractivity contribution in [2.75, 3.05) is 20.1 Å². The first-order chi connectivity index (χ1) is 23.3. The zero-order chi connectivity index (χ0) is 37.9. The Morgan fingerprint density at radius 2 is 1.16 bits per heavy atom. The number of carbonyl (C=O) groups is 4. The molecular weight excluding hydrogens is 704 g/mol. The Hall–Kier alpha value is -3.54. The van der Waals surface area contributed by atoms with E-state index in [2.05, 4.69) is 0 Å². The number of carbonyl (C=O) groups excluding carboxylic acids is 4. The first-order valence-electron chi connectivity index (χ1n) is 15.1. The molecule has 1 unspecified atom stereocenters. The van der Waals surface area contributed by atoms with Crippen molar-refractivity contribution in [3.8, 4) is 11.5 Å². The molecule has 3 atom stereocenters. The van der Waals surface area contributed by atoms with Crippen LogP contribution in [0.4, 0.5) is 0 Å². The van der Waals surface area contributed by atoms with Crippen molar-refractivity contribution in [3.63, 3.8) is 0 Å². The van der Waals surface area contributed by atoms with E-state index in [9.17, 15) is 43.2 Å². The van der Waals surface area contributed by atoms with Crippen molar-refractivity contribution >= 4 is 39.1 Å². The van der Waals surface area contributed by atoms with Crippen molar-refractivity contribution in [2.24, 2.45) is 29.0 Å². The van der Waals surface area contributed by atoms with E-state index in [4.69, 9.17) is 45.2 Å². The van der Waals surface area contributed by atoms with Gasteiger partial charge < -0.3 is 51.0 Å². The second-order valence-electron chi connectivity index (χ2n) is 11.5. The van der Waals surface area contributed by atoms with Crippen LogP contribution in [-0.4, -0.2) is 76.1 Å². The molecule has 2 aromatic carbocycles. The van der Waals surface area contributed by atoms with Gasteiger partial charge >= 0.3 is 39.1 Å². The Kier molecular flexibility index (Phi) is 15.9. The van der Waals surface area contributed by atoms with Crippen molar-refractivity contribution in [2.45, 2.75) is 57.7 Å². The van der Waals surface area contributed by atoms with Crippen LogP contribution >= 0.6 is 15.2 Å². The first kappa shape index (κ1) is 42.6. The van der Waals surface area contributed by atoms with Crippen molar-refractivity contribution in [1.29, 1.82) is 0 Å². The summed E-state index contributed by atoms with van der Waals surface area (Å²) in [5, 5.41) is 7.52. The van der Waals surface area contributed by atoms with E-state index >= 15 is 0 Å². The average Bonchev–Trinajstić information content (AvgIpc) is 3.05. The zero-order valence-corrected chi connectivity index (χ0v) is 29.6. The molecule has 2 rings (SSSR count). The molecule has 0 aliphatic heterocycles. The van der Waals surface area contributed by atoms with Gasteiger partial charge in [-0.3, -0.25) is 18.2 Å². The monoisotopic (exact) mass is 747 g/mol. The van der Waals surface area contributed by atoms with Gasteiger partial charge in [-0.25, -0.2) is 19.2 Å². The summed E-state index contributed by atoms with van der Waals surface area (Å²) >= 11 is 0. The standard InChI is InChI=1S/C30H43N3O15P2/c1-18(2)24(32)28(36)47-22-10-5-8-20(14-22)26(34)43-16-45-50(42,30(38,12-7-13-31)49(39,40)41)46-17-44-27(35)21-9-6-11-23(15-21)48-29(37)25(33)19(3)4/h5-6,8-11,14-15,18-19,24-25,38H,7,12-13,16-17,31-33H2,1-4H3,(H2,39,40,41)/t24-,25-,30?/m0/s1. The van der Waals surface area contributed by atoms with Crippen molar-refractivity contribution in [3.05, 3.63) is 59.7 Å². The Morgan fingerprint density at radius 1 is 0.760 bits per heavy atom. The van der Waals surface area contributed by atoms with Gasteiger partial charge in [0.05, 0.1) is 11.1 Å². The number of hydrogen-bond acceptors (Lipinski definition) is 16. The molecule has 20 heteroatoms. The van der Waals surface area contributed by atoms with Gasteiger partial charge in [-0.1, -0.05) is 39.8 Å². The lowest BCUT2D eigenvalue weighted by Crippen LogP contribution is -2.38. The van der Waals surface area contributed by atoms with Crippen LogP contribution in [0, 0.1) is 11.8 Å². The van der Waals surface area contributed by atoms with Crippen LogP contribution < -0.4 is 26.7 Å². The van der Waals surface area contributed by atoms with E-state index in [0.29, 0.717) is 0 Å². The highest BCUT2D eigenvalue weighted by atomic mass is 31.2. The van der Waals surface area contributed by atoms with Crippen LogP contribution in [0.25, 0.3) is 0 Å². The summed E-state index contributed by atoms with van der Waals surface area (Å²) in [6, 6.07) is 8.33. The maximum atomic E-state index is 13.9. The minimum Gasteiger partial charge on any atom is -0.434 e. The Bertz CT molecular complexity index is 1510. The number of esters is 4. The molecule has 50 heavy (non-hydrogen) atoms. The normalized spacial score (nSPS) is 14.4. The Labute approximate surface area is 288 Å². The number of aliphatic hydroxyl groups is 1. The van der Waals surface area contributed by atoms with E-state index in [1.807, 2.05) is 0 Å². The molecular formula is C30H43N3O15P2. The average molecular weight is 748 g/mol. The van der Waals surface area contributed by atoms with Crippen LogP contribution in [-0.2, 0) is 37.2 Å². The summed E-state index contributed by atoms with van der Waals surface area (Å²) < 4.78 is 56.5. The fraction of sp³-hybridized carbons (Fsp3) is 0.467. The van der Waals surface area contributed by atoms with Gasteiger partial charge in [0.2, 0.25) is 13.6 Å². The summed E-state index contributed by atoms with van der Waals surface area (Å²) in [5.74, 6) is -4.37. The summed E-state index contributed by atoms with van der Waals surface area (Å²) in [4.78, 5) is 69.8. The van der Waals surface area contributed by atoms with Gasteiger partial charge in [-0.2, -0.15) is 0 Å². The maximum Gasteiger partial charge on any atom is 0.380 e. The van der Waals surface area contributed by atoms with E-state index in [1.165, 1.54) is 36.4 Å². The number of hydrogen-bond donors (Lipinski definition) is 6. The topological polar surface area (TPSA) is 297 Å². The van der Waals surface area contributed by atoms with Crippen LogP contribution in [0.15, 0.2) is 48.5 Å². The van der Waals surface area contributed by atoms with Crippen LogP contribution in [0.2, 0.25) is 0 Å². The molecule has 0 bridgehead atoms. The third kappa shape index (κ3) is 11.5. The third-order valence-corrected chi connectivity index (χ3v) is 11.7. The fourth-order valence-electron chi connectivity index (χ4n) is 3.78. The highest BCUT2D eigenvalue weighted by Crippen LogP contribution is 2.74. The molecule has 0 aliphatic carbocycles. The van der Waals surface area contributed by atoms with E-state index in [1.54, 1.807) is 27.7 Å². The van der Waals surface area contributed by atoms with Crippen LogP contribution in [0.3, 0.4) is 0 Å². The zero-order valence-electron chi connectivity index (χ0n) is 27.8. The lowest BCUT2D eigenvalue weighted by Gasteiger charge is -2.34. The van der Waals surface area contributed by atoms with E-state index in [0.717, 1.165) is 12.1 Å². The lowest BCUT2D eigenvalue weighted by molar-refractivity contribution is -0.137. The summed E-state index contributed by atoms with van der Waals surface area (Å²) in [6.45, 7) is 4.05. The van der Waals surface area contributed by atoms with E-state index in [-0.39, 0.29) is 47.4 Å². The third-order valence-electron chi connectivity index (χ3n) is 7.00. The molecule has 0 aromatic heterocycles. The predicted molar refractivity (Wildman–Crippen MR) is 175 cm³/mol. The van der Waals surface area contributed by atoms with Gasteiger partial charge in [0.1, 0.15) is 23.6 Å². The lowest BCUT2D eigenvalue weighted by atomic mass is 10.1. The molecule has 18 nitrogen and oxygen atoms in total. The van der Waals surface area contributed by atoms with Crippen LogP contribution in [0.1, 0.15) is 61.3 Å². The van der Waals surface area contributed by atoms with Gasteiger partial charge in [0, 0.05) is 6.42 Å². The van der Waals surface area contributed by atoms with Gasteiger partial charge in [-0.05, 0) is 61.2 Å². The summed E-state index contributed by atoms with van der Waals surface area (Å²) in [6.07, 6.45) is -1.19. The fourth-order valence-corrected chi connectivity index (χ4v) is 7.15. The molecule has 0 heterocycles. The Morgan fingerprint density at radius 3 is 1.50 bits per heavy atom. The molecule has 0 saturated carbocycles. The second-order valence-corrected chi connectivity index (χ2v) is 15.9. The molecule has 0 radical (unpaired) electrons. The maximum absolute atomic E-state index is 13.9. The Balaban J connectivity index is 2.21. The summed E-state index contributed by atoms with van der Waals surface area (Å²) in [5.41, 5.74) is 16.6. The highest BCUT2D eigenvalue weighted by Gasteiger charge is 2.62. The van der Waals surface area contributed by atoms with Crippen LogP contribution in [0.5, 0.6) is 11.5 Å². The molecule has 2 aromatic rings. The number of benzene rings is 2. The quantitative estimate of drug-likeness (QED) is 0.0519. The predicted octanol–water partition coefficient (Wildman–Crippen LogP) is 2.18. The first-order valence-corrected chi connectivity index (χ1v) is 18.3. The van der Waals surface area contributed by atoms with Crippen molar-refractivity contribution in [1.82, 2.24) is 0 Å². The molecule has 9 N–H and O–H groups in total. The van der Waals surface area contributed by atoms with Gasteiger partial charge in [0.25, 0.3) is 5.08 Å². The largest absolute Gasteiger partial charge is 0.434 e. The highest BCUT2D eigenvalue weighted by molar-refractivity contribution is 7.73. The van der Waals surface area contributed by atoms with Gasteiger partial charge in [-0.15, -0.1) is 0 Å². The van der Waals surface area contributed by atoms with E-state index < -0.39 is 76.2 Å². The SMILES string of the molecule is CC(C)[C@H](N)C(=O)Oc1cccc(C(=O)OCOP(=O)(OCOC(=O)c2cccc(OC(=O)[C@@H](N)C(C)C)c2)C(O)(CCCN)P(=O)(O)O)c1. The minimum absolute atomic E-state index is 0.0576. The number of ether oxygens (including phenoxy) is 4. The smallest absolute Gasteiger partial charge is 0.380 e. The number of nitrogens with two attached hydrogens (primary N) is 3.